The molecule has 0 aliphatic heterocycles. The van der Waals surface area contributed by atoms with Crippen LogP contribution in [0.3, 0.4) is 0 Å². The normalized spacial score (nSPS) is 10.5. The molecule has 0 radical (unpaired) electrons. The van der Waals surface area contributed by atoms with Gasteiger partial charge in [0.15, 0.2) is 29.0 Å². The second-order valence-corrected chi connectivity index (χ2v) is 6.66. The summed E-state index contributed by atoms with van der Waals surface area (Å²) in [6.45, 7) is 1.66. The first-order valence-electron chi connectivity index (χ1n) is 9.05. The first kappa shape index (κ1) is 21.8. The number of benzene rings is 2. The summed E-state index contributed by atoms with van der Waals surface area (Å²) in [6, 6.07) is 8.08. The molecule has 0 saturated carbocycles. The third-order valence-corrected chi connectivity index (χ3v) is 4.67. The van der Waals surface area contributed by atoms with E-state index in [2.05, 4.69) is 5.32 Å². The number of aromatic nitrogens is 1. The minimum absolute atomic E-state index is 0.107. The molecule has 0 bridgehead atoms. The van der Waals surface area contributed by atoms with E-state index < -0.39 is 22.9 Å². The molecule has 0 saturated heterocycles. The van der Waals surface area contributed by atoms with Gasteiger partial charge in [-0.25, -0.2) is 13.2 Å². The van der Waals surface area contributed by atoms with Crippen LogP contribution >= 0.6 is 0 Å². The zero-order chi connectivity index (χ0) is 22.7. The second kappa shape index (κ2) is 8.83. The van der Waals surface area contributed by atoms with Crippen LogP contribution in [0.4, 0.5) is 24.7 Å². The number of nitrogens with one attached hydrogen (secondary N) is 1. The van der Waals surface area contributed by atoms with Crippen LogP contribution in [-0.2, 0) is 6.54 Å². The van der Waals surface area contributed by atoms with Crippen molar-refractivity contribution in [1.82, 2.24) is 4.57 Å². The Morgan fingerprint density at radius 1 is 1.06 bits per heavy atom. The van der Waals surface area contributed by atoms with Crippen LogP contribution < -0.4 is 20.2 Å². The van der Waals surface area contributed by atoms with E-state index in [1.165, 1.54) is 31.0 Å². The minimum Gasteiger partial charge on any atom is -0.493 e. The summed E-state index contributed by atoms with van der Waals surface area (Å²) >= 11 is 0. The highest BCUT2D eigenvalue weighted by Crippen LogP contribution is 2.34. The van der Waals surface area contributed by atoms with Gasteiger partial charge in [0.2, 0.25) is 5.43 Å². The Labute approximate surface area is 176 Å². The van der Waals surface area contributed by atoms with Gasteiger partial charge in [0.1, 0.15) is 17.5 Å². The Morgan fingerprint density at radius 2 is 1.68 bits per heavy atom. The van der Waals surface area contributed by atoms with Gasteiger partial charge in [-0.1, -0.05) is 0 Å². The number of nitrogens with zero attached hydrogens (tertiary/aromatic N) is 2. The van der Waals surface area contributed by atoms with Crippen LogP contribution in [0, 0.1) is 35.7 Å². The molecule has 0 fully saturated rings. The predicted octanol–water partition coefficient (Wildman–Crippen LogP) is 4.25. The summed E-state index contributed by atoms with van der Waals surface area (Å²) in [7, 11) is 2.96. The highest BCUT2D eigenvalue weighted by atomic mass is 19.2. The molecule has 0 aliphatic rings. The van der Waals surface area contributed by atoms with Gasteiger partial charge in [-0.2, -0.15) is 5.26 Å². The molecule has 0 aliphatic carbocycles. The Hall–Kier alpha value is -3.93. The van der Waals surface area contributed by atoms with Gasteiger partial charge in [-0.15, -0.1) is 0 Å². The molecule has 0 amide bonds. The van der Waals surface area contributed by atoms with Crippen LogP contribution in [0.2, 0.25) is 0 Å². The molecule has 3 aromatic rings. The van der Waals surface area contributed by atoms with E-state index >= 15 is 0 Å². The van der Waals surface area contributed by atoms with E-state index in [1.807, 2.05) is 6.07 Å². The van der Waals surface area contributed by atoms with Gasteiger partial charge in [-0.3, -0.25) is 4.79 Å². The summed E-state index contributed by atoms with van der Waals surface area (Å²) in [5.41, 5.74) is 0.625. The monoisotopic (exact) mass is 429 g/mol. The number of anilines is 2. The lowest BCUT2D eigenvalue weighted by atomic mass is 10.1. The van der Waals surface area contributed by atoms with Crippen molar-refractivity contribution in [3.05, 3.63) is 80.9 Å². The van der Waals surface area contributed by atoms with Crippen LogP contribution in [0.15, 0.2) is 41.3 Å². The molecular formula is C22H18F3N3O3. The van der Waals surface area contributed by atoms with Crippen LogP contribution in [0.1, 0.15) is 16.7 Å². The van der Waals surface area contributed by atoms with E-state index in [9.17, 15) is 23.2 Å². The fraction of sp³-hybridized carbons (Fsp3) is 0.182. The quantitative estimate of drug-likeness (QED) is 0.593. The highest BCUT2D eigenvalue weighted by molar-refractivity contribution is 5.69. The molecule has 2 aromatic carbocycles. The Balaban J connectivity index is 2.11. The third kappa shape index (κ3) is 4.33. The van der Waals surface area contributed by atoms with Gasteiger partial charge in [0.05, 0.1) is 14.2 Å². The van der Waals surface area contributed by atoms with E-state index in [1.54, 1.807) is 19.1 Å². The number of hydrogen-bond acceptors (Lipinski definition) is 5. The smallest absolute Gasteiger partial charge is 0.201 e. The SMILES string of the molecule is COc1cc(C)c(Nc2c(C#N)c(=O)ccn2Cc2cc(F)c(F)c(F)c2)cc1OC. The predicted molar refractivity (Wildman–Crippen MR) is 108 cm³/mol. The van der Waals surface area contributed by atoms with Crippen molar-refractivity contribution < 1.29 is 22.6 Å². The zero-order valence-electron chi connectivity index (χ0n) is 16.9. The lowest BCUT2D eigenvalue weighted by molar-refractivity contribution is 0.355. The molecule has 1 heterocycles. The number of halogens is 3. The minimum atomic E-state index is -1.57. The van der Waals surface area contributed by atoms with Gasteiger partial charge >= 0.3 is 0 Å². The van der Waals surface area contributed by atoms with E-state index in [0.717, 1.165) is 17.7 Å². The number of hydrogen-bond donors (Lipinski definition) is 1. The zero-order valence-corrected chi connectivity index (χ0v) is 16.9. The Kier molecular flexibility index (Phi) is 6.20. The number of nitriles is 1. The summed E-state index contributed by atoms with van der Waals surface area (Å²) < 4.78 is 52.6. The molecule has 1 aromatic heterocycles. The van der Waals surface area contributed by atoms with Gasteiger partial charge in [0, 0.05) is 30.6 Å². The Bertz CT molecular complexity index is 1230. The third-order valence-electron chi connectivity index (χ3n) is 4.67. The van der Waals surface area contributed by atoms with E-state index in [0.29, 0.717) is 17.2 Å². The van der Waals surface area contributed by atoms with Crippen molar-refractivity contribution in [2.45, 2.75) is 13.5 Å². The maximum atomic E-state index is 13.6. The number of rotatable bonds is 6. The van der Waals surface area contributed by atoms with Crippen LogP contribution in [0.25, 0.3) is 0 Å². The average Bonchev–Trinajstić information content (AvgIpc) is 2.74. The maximum absolute atomic E-state index is 13.6. The summed E-state index contributed by atoms with van der Waals surface area (Å²) in [4.78, 5) is 12.2. The summed E-state index contributed by atoms with van der Waals surface area (Å²) in [5, 5.41) is 12.6. The highest BCUT2D eigenvalue weighted by Gasteiger charge is 2.17. The average molecular weight is 429 g/mol. The standard InChI is InChI=1S/C22H18F3N3O3/c1-12-6-19(30-2)20(31-3)9-17(12)27-22-14(10-26)18(29)4-5-28(22)11-13-7-15(23)21(25)16(24)8-13/h4-9,27H,11H2,1-3H3. The number of ether oxygens (including phenoxy) is 2. The molecule has 9 heteroatoms. The molecule has 31 heavy (non-hydrogen) atoms. The van der Waals surface area contributed by atoms with Crippen molar-refractivity contribution in [3.63, 3.8) is 0 Å². The summed E-state index contributed by atoms with van der Waals surface area (Å²) in [6.07, 6.45) is 1.38. The molecule has 0 unspecified atom stereocenters. The molecule has 3 rings (SSSR count). The van der Waals surface area contributed by atoms with E-state index in [4.69, 9.17) is 9.47 Å². The van der Waals surface area contributed by atoms with Crippen molar-refractivity contribution >= 4 is 11.5 Å². The summed E-state index contributed by atoms with van der Waals surface area (Å²) in [5.74, 6) is -3.21. The lowest BCUT2D eigenvalue weighted by Crippen LogP contribution is -2.17. The molecule has 0 spiro atoms. The molecule has 0 atom stereocenters. The van der Waals surface area contributed by atoms with E-state index in [-0.39, 0.29) is 23.5 Å². The lowest BCUT2D eigenvalue weighted by Gasteiger charge is -2.19. The second-order valence-electron chi connectivity index (χ2n) is 6.66. The van der Waals surface area contributed by atoms with Crippen molar-refractivity contribution in [2.75, 3.05) is 19.5 Å². The van der Waals surface area contributed by atoms with Crippen LogP contribution in [-0.4, -0.2) is 18.8 Å². The molecule has 6 nitrogen and oxygen atoms in total. The van der Waals surface area contributed by atoms with Crippen molar-refractivity contribution in [3.8, 4) is 17.6 Å². The Morgan fingerprint density at radius 3 is 2.26 bits per heavy atom. The molecular weight excluding hydrogens is 411 g/mol. The topological polar surface area (TPSA) is 76.3 Å². The molecule has 1 N–H and O–H groups in total. The van der Waals surface area contributed by atoms with Crippen molar-refractivity contribution in [1.29, 1.82) is 5.26 Å². The fourth-order valence-electron chi connectivity index (χ4n) is 3.09. The first-order chi connectivity index (χ1) is 14.8. The number of pyridine rings is 1. The van der Waals surface area contributed by atoms with Crippen molar-refractivity contribution in [2.24, 2.45) is 0 Å². The number of methoxy groups -OCH3 is 2. The van der Waals surface area contributed by atoms with Crippen LogP contribution in [0.5, 0.6) is 11.5 Å². The van der Waals surface area contributed by atoms with Gasteiger partial charge < -0.3 is 19.4 Å². The number of aryl methyl sites for hydroxylation is 1. The fourth-order valence-corrected chi connectivity index (χ4v) is 3.09. The van der Waals surface area contributed by atoms with Gasteiger partial charge in [0.25, 0.3) is 0 Å². The first-order valence-corrected chi connectivity index (χ1v) is 9.05. The largest absolute Gasteiger partial charge is 0.493 e. The van der Waals surface area contributed by atoms with Gasteiger partial charge in [-0.05, 0) is 36.2 Å². The maximum Gasteiger partial charge on any atom is 0.201 e. The molecule has 160 valence electrons.